The van der Waals surface area contributed by atoms with Crippen LogP contribution in [0.3, 0.4) is 0 Å². The lowest BCUT2D eigenvalue weighted by Gasteiger charge is -2.25. The number of hydrogen-bond acceptors (Lipinski definition) is 6. The van der Waals surface area contributed by atoms with Crippen molar-refractivity contribution in [1.29, 1.82) is 5.26 Å². The lowest BCUT2D eigenvalue weighted by Crippen LogP contribution is -2.34. The van der Waals surface area contributed by atoms with Crippen LogP contribution in [-0.4, -0.2) is 63.6 Å². The fraction of sp³-hybridized carbons (Fsp3) is 0.692. The van der Waals surface area contributed by atoms with Gasteiger partial charge in [-0.2, -0.15) is 5.26 Å². The van der Waals surface area contributed by atoms with Crippen LogP contribution in [0.2, 0.25) is 0 Å². The van der Waals surface area contributed by atoms with Crippen molar-refractivity contribution in [3.8, 4) is 6.07 Å². The maximum absolute atomic E-state index is 11.8. The Bertz CT molecular complexity index is 536. The molecule has 1 atom stereocenters. The van der Waals surface area contributed by atoms with Gasteiger partial charge in [-0.15, -0.1) is 0 Å². The molecule has 0 aromatic rings. The molecule has 0 saturated carbocycles. The van der Waals surface area contributed by atoms with Crippen LogP contribution in [0.15, 0.2) is 11.8 Å². The third-order valence-electron chi connectivity index (χ3n) is 3.29. The quantitative estimate of drug-likeness (QED) is 0.392. The molecule has 1 fully saturated rings. The Morgan fingerprint density at radius 3 is 2.76 bits per heavy atom. The average molecular weight is 315 g/mol. The predicted molar refractivity (Wildman–Crippen MR) is 78.0 cm³/mol. The Balaban J connectivity index is 2.75. The first-order chi connectivity index (χ1) is 9.93. The highest BCUT2D eigenvalue weighted by Gasteiger charge is 2.31. The van der Waals surface area contributed by atoms with Gasteiger partial charge in [0, 0.05) is 32.4 Å². The first kappa shape index (κ1) is 17.5. The van der Waals surface area contributed by atoms with E-state index >= 15 is 0 Å². The molecule has 0 aromatic heterocycles. The third kappa shape index (κ3) is 5.36. The number of hydrogen-bond donors (Lipinski definition) is 1. The number of ether oxygens (including phenoxy) is 1. The van der Waals surface area contributed by atoms with E-state index in [4.69, 9.17) is 10.00 Å². The molecule has 118 valence electrons. The summed E-state index contributed by atoms with van der Waals surface area (Å²) in [4.78, 5) is 13.6. The second-order valence-electron chi connectivity index (χ2n) is 4.79. The van der Waals surface area contributed by atoms with Crippen molar-refractivity contribution in [2.45, 2.75) is 19.4 Å². The summed E-state index contributed by atoms with van der Waals surface area (Å²) in [7, 11) is -1.48. The summed E-state index contributed by atoms with van der Waals surface area (Å²) in [6.45, 7) is 3.08. The number of rotatable bonds is 7. The van der Waals surface area contributed by atoms with E-state index in [0.717, 1.165) is 0 Å². The average Bonchev–Trinajstić information content (AvgIpc) is 2.80. The van der Waals surface area contributed by atoms with Crippen molar-refractivity contribution < 1.29 is 17.9 Å². The minimum atomic E-state index is -3.00. The number of sulfone groups is 1. The van der Waals surface area contributed by atoms with Gasteiger partial charge in [0.05, 0.1) is 18.1 Å². The molecule has 1 amide bonds. The Labute approximate surface area is 125 Å². The van der Waals surface area contributed by atoms with Gasteiger partial charge in [0.2, 0.25) is 0 Å². The van der Waals surface area contributed by atoms with E-state index in [1.54, 1.807) is 4.90 Å². The minimum Gasteiger partial charge on any atom is -0.383 e. The van der Waals surface area contributed by atoms with Crippen LogP contribution in [0, 0.1) is 11.3 Å². The molecular weight excluding hydrogens is 294 g/mol. The molecule has 21 heavy (non-hydrogen) atoms. The van der Waals surface area contributed by atoms with E-state index < -0.39 is 15.7 Å². The molecule has 0 bridgehead atoms. The molecule has 1 saturated heterocycles. The molecule has 1 aliphatic heterocycles. The molecule has 7 nitrogen and oxygen atoms in total. The summed E-state index contributed by atoms with van der Waals surface area (Å²) in [5, 5.41) is 11.7. The summed E-state index contributed by atoms with van der Waals surface area (Å²) in [6, 6.07) is 1.68. The summed E-state index contributed by atoms with van der Waals surface area (Å²) in [5.41, 5.74) is -0.0303. The van der Waals surface area contributed by atoms with Crippen molar-refractivity contribution in [2.24, 2.45) is 0 Å². The maximum Gasteiger partial charge on any atom is 0.263 e. The van der Waals surface area contributed by atoms with Gasteiger partial charge in [-0.25, -0.2) is 8.42 Å². The largest absolute Gasteiger partial charge is 0.383 e. The normalized spacial score (nSPS) is 20.8. The second-order valence-corrected chi connectivity index (χ2v) is 7.02. The number of nitriles is 1. The lowest BCUT2D eigenvalue weighted by atomic mass is 10.2. The molecule has 1 rings (SSSR count). The molecule has 0 aliphatic carbocycles. The number of amides is 1. The summed E-state index contributed by atoms with van der Waals surface area (Å²) in [6.07, 6.45) is 1.98. The Hall–Kier alpha value is -1.59. The first-order valence-corrected chi connectivity index (χ1v) is 8.61. The molecule has 0 spiro atoms. The summed E-state index contributed by atoms with van der Waals surface area (Å²) >= 11 is 0. The zero-order chi connectivity index (χ0) is 15.9. The van der Waals surface area contributed by atoms with E-state index in [1.807, 2.05) is 13.0 Å². The molecular formula is C13H21N3O4S. The van der Waals surface area contributed by atoms with Gasteiger partial charge in [-0.1, -0.05) is 0 Å². The second kappa shape index (κ2) is 8.00. The van der Waals surface area contributed by atoms with Crippen molar-refractivity contribution in [2.75, 3.05) is 38.3 Å². The van der Waals surface area contributed by atoms with Gasteiger partial charge in [0.25, 0.3) is 5.91 Å². The van der Waals surface area contributed by atoms with Gasteiger partial charge in [0.1, 0.15) is 11.6 Å². The molecule has 1 N–H and O–H groups in total. The van der Waals surface area contributed by atoms with Crippen LogP contribution < -0.4 is 5.32 Å². The SMILES string of the molecule is CCN(/C=C(/C#N)C(=O)NCCOC)C1CCS(=O)(=O)C1. The van der Waals surface area contributed by atoms with Gasteiger partial charge >= 0.3 is 0 Å². The monoisotopic (exact) mass is 315 g/mol. The molecule has 0 aromatic carbocycles. The number of carbonyl (C=O) groups is 1. The van der Waals surface area contributed by atoms with Gasteiger partial charge in [-0.05, 0) is 13.3 Å². The van der Waals surface area contributed by atoms with Crippen molar-refractivity contribution in [3.63, 3.8) is 0 Å². The highest BCUT2D eigenvalue weighted by Crippen LogP contribution is 2.18. The Morgan fingerprint density at radius 1 is 1.57 bits per heavy atom. The zero-order valence-electron chi connectivity index (χ0n) is 12.3. The topological polar surface area (TPSA) is 99.5 Å². The van der Waals surface area contributed by atoms with E-state index in [0.29, 0.717) is 26.1 Å². The smallest absolute Gasteiger partial charge is 0.263 e. The van der Waals surface area contributed by atoms with Gasteiger partial charge < -0.3 is 15.0 Å². The van der Waals surface area contributed by atoms with E-state index in [1.165, 1.54) is 13.3 Å². The number of methoxy groups -OCH3 is 1. The standard InChI is InChI=1S/C13H21N3O4S/c1-3-16(12-4-7-21(18,19)10-12)9-11(8-14)13(17)15-5-6-20-2/h9,12H,3-7,10H2,1-2H3,(H,15,17)/b11-9-. The van der Waals surface area contributed by atoms with Crippen LogP contribution >= 0.6 is 0 Å². The fourth-order valence-electron chi connectivity index (χ4n) is 2.16. The van der Waals surface area contributed by atoms with Crippen LogP contribution in [0.5, 0.6) is 0 Å². The van der Waals surface area contributed by atoms with E-state index in [9.17, 15) is 13.2 Å². The van der Waals surface area contributed by atoms with E-state index in [-0.39, 0.29) is 23.1 Å². The van der Waals surface area contributed by atoms with Crippen LogP contribution in [-0.2, 0) is 19.4 Å². The van der Waals surface area contributed by atoms with Crippen LogP contribution in [0.25, 0.3) is 0 Å². The Kier molecular flexibility index (Phi) is 6.65. The lowest BCUT2D eigenvalue weighted by molar-refractivity contribution is -0.117. The van der Waals surface area contributed by atoms with Crippen LogP contribution in [0.4, 0.5) is 0 Å². The summed E-state index contributed by atoms with van der Waals surface area (Å²) in [5.74, 6) is -0.250. The van der Waals surface area contributed by atoms with Crippen molar-refractivity contribution in [3.05, 3.63) is 11.8 Å². The van der Waals surface area contributed by atoms with Gasteiger partial charge in [-0.3, -0.25) is 4.79 Å². The Morgan fingerprint density at radius 2 is 2.29 bits per heavy atom. The highest BCUT2D eigenvalue weighted by molar-refractivity contribution is 7.91. The van der Waals surface area contributed by atoms with Crippen molar-refractivity contribution >= 4 is 15.7 Å². The minimum absolute atomic E-state index is 0.0303. The fourth-order valence-corrected chi connectivity index (χ4v) is 3.90. The number of nitrogens with zero attached hydrogens (tertiary/aromatic N) is 2. The maximum atomic E-state index is 11.8. The predicted octanol–water partition coefficient (Wildman–Crippen LogP) is -0.335. The number of nitrogens with one attached hydrogen (secondary N) is 1. The van der Waals surface area contributed by atoms with E-state index in [2.05, 4.69) is 5.32 Å². The van der Waals surface area contributed by atoms with Crippen LogP contribution in [0.1, 0.15) is 13.3 Å². The first-order valence-electron chi connectivity index (χ1n) is 6.78. The highest BCUT2D eigenvalue weighted by atomic mass is 32.2. The number of carbonyl (C=O) groups excluding carboxylic acids is 1. The summed E-state index contributed by atoms with van der Waals surface area (Å²) < 4.78 is 27.9. The molecule has 1 unspecified atom stereocenters. The molecule has 1 aliphatic rings. The molecule has 0 radical (unpaired) electrons. The third-order valence-corrected chi connectivity index (χ3v) is 5.04. The molecule has 1 heterocycles. The van der Waals surface area contributed by atoms with Gasteiger partial charge in [0.15, 0.2) is 9.84 Å². The zero-order valence-corrected chi connectivity index (χ0v) is 13.1. The molecule has 8 heteroatoms. The van der Waals surface area contributed by atoms with Crippen molar-refractivity contribution in [1.82, 2.24) is 10.2 Å².